The third-order valence-electron chi connectivity index (χ3n) is 4.58. The Morgan fingerprint density at radius 1 is 1.16 bits per heavy atom. The minimum absolute atomic E-state index is 0.133. The summed E-state index contributed by atoms with van der Waals surface area (Å²) in [5.74, 6) is 1.42. The van der Waals surface area contributed by atoms with Crippen molar-refractivity contribution in [3.05, 3.63) is 34.5 Å². The number of anilines is 2. The summed E-state index contributed by atoms with van der Waals surface area (Å²) in [6.45, 7) is 2.11. The second-order valence-corrected chi connectivity index (χ2v) is 7.29. The summed E-state index contributed by atoms with van der Waals surface area (Å²) in [5, 5.41) is 10.1. The second-order valence-electron chi connectivity index (χ2n) is 6.35. The number of carbonyl (C=O) groups excluding carboxylic acids is 1. The summed E-state index contributed by atoms with van der Waals surface area (Å²) in [7, 11) is 1.86. The molecule has 0 atom stereocenters. The van der Waals surface area contributed by atoms with Crippen LogP contribution in [-0.4, -0.2) is 33.8 Å². The van der Waals surface area contributed by atoms with E-state index in [1.165, 1.54) is 37.0 Å². The largest absolute Gasteiger partial charge is 0.357 e. The van der Waals surface area contributed by atoms with Crippen LogP contribution in [0.25, 0.3) is 11.0 Å². The first-order chi connectivity index (χ1) is 12.2. The maximum absolute atomic E-state index is 12.3. The molecule has 3 aromatic rings. The van der Waals surface area contributed by atoms with E-state index in [1.54, 1.807) is 10.7 Å². The minimum Gasteiger partial charge on any atom is -0.357 e. The van der Waals surface area contributed by atoms with Gasteiger partial charge in [-0.05, 0) is 36.4 Å². The van der Waals surface area contributed by atoms with Gasteiger partial charge in [-0.3, -0.25) is 4.79 Å². The van der Waals surface area contributed by atoms with Crippen LogP contribution in [0.15, 0.2) is 29.6 Å². The number of amides is 1. The zero-order valence-electron chi connectivity index (χ0n) is 14.2. The zero-order valence-corrected chi connectivity index (χ0v) is 15.1. The summed E-state index contributed by atoms with van der Waals surface area (Å²) < 4.78 is 1.74. The van der Waals surface area contributed by atoms with Crippen LogP contribution >= 0.6 is 11.3 Å². The molecular formula is C18H21N5OS. The molecule has 1 amide bonds. The highest BCUT2D eigenvalue weighted by Gasteiger charge is 2.17. The number of nitrogens with one attached hydrogen (secondary N) is 1. The van der Waals surface area contributed by atoms with Crippen LogP contribution in [0.4, 0.5) is 11.6 Å². The summed E-state index contributed by atoms with van der Waals surface area (Å²) in [5.41, 5.74) is 0.795. The van der Waals surface area contributed by atoms with Crippen molar-refractivity contribution in [1.82, 2.24) is 14.8 Å². The molecule has 0 saturated carbocycles. The molecule has 0 bridgehead atoms. The van der Waals surface area contributed by atoms with E-state index in [-0.39, 0.29) is 5.91 Å². The van der Waals surface area contributed by atoms with E-state index >= 15 is 0 Å². The predicted molar refractivity (Wildman–Crippen MR) is 101 cm³/mol. The first-order valence-electron chi connectivity index (χ1n) is 8.66. The lowest BCUT2D eigenvalue weighted by atomic mass is 10.2. The maximum Gasteiger partial charge on any atom is 0.266 e. The molecule has 1 fully saturated rings. The van der Waals surface area contributed by atoms with Gasteiger partial charge in [-0.1, -0.05) is 18.9 Å². The van der Waals surface area contributed by atoms with E-state index in [0.717, 1.165) is 29.9 Å². The van der Waals surface area contributed by atoms with Crippen LogP contribution in [-0.2, 0) is 7.05 Å². The number of hydrogen-bond donors (Lipinski definition) is 1. The molecule has 4 rings (SSSR count). The third-order valence-corrected chi connectivity index (χ3v) is 5.45. The Hall–Kier alpha value is -2.41. The van der Waals surface area contributed by atoms with Crippen molar-refractivity contribution in [3.63, 3.8) is 0 Å². The van der Waals surface area contributed by atoms with Crippen molar-refractivity contribution in [2.24, 2.45) is 7.05 Å². The third kappa shape index (κ3) is 3.24. The molecule has 0 aromatic carbocycles. The fraction of sp³-hybridized carbons (Fsp3) is 0.389. The number of hydrogen-bond acceptors (Lipinski definition) is 5. The van der Waals surface area contributed by atoms with Crippen molar-refractivity contribution in [2.45, 2.75) is 25.7 Å². The highest BCUT2D eigenvalue weighted by Crippen LogP contribution is 2.26. The van der Waals surface area contributed by atoms with Gasteiger partial charge in [0.25, 0.3) is 5.91 Å². The molecule has 1 N–H and O–H groups in total. The Bertz CT molecular complexity index is 878. The molecule has 4 heterocycles. The highest BCUT2D eigenvalue weighted by molar-refractivity contribution is 7.12. The molecule has 1 aliphatic heterocycles. The van der Waals surface area contributed by atoms with Crippen molar-refractivity contribution >= 4 is 39.9 Å². The van der Waals surface area contributed by atoms with Crippen molar-refractivity contribution in [1.29, 1.82) is 0 Å². The lowest BCUT2D eigenvalue weighted by Gasteiger charge is -2.21. The van der Waals surface area contributed by atoms with Crippen molar-refractivity contribution < 1.29 is 4.79 Å². The average Bonchev–Trinajstić information content (AvgIpc) is 3.16. The second kappa shape index (κ2) is 6.84. The lowest BCUT2D eigenvalue weighted by Crippen LogP contribution is -2.24. The average molecular weight is 355 g/mol. The van der Waals surface area contributed by atoms with Gasteiger partial charge in [0.1, 0.15) is 5.82 Å². The molecule has 3 aromatic heterocycles. The first-order valence-corrected chi connectivity index (χ1v) is 9.54. The van der Waals surface area contributed by atoms with Gasteiger partial charge < -0.3 is 10.2 Å². The summed E-state index contributed by atoms with van der Waals surface area (Å²) in [4.78, 5) is 20.1. The van der Waals surface area contributed by atoms with E-state index in [1.807, 2.05) is 30.6 Å². The molecule has 0 unspecified atom stereocenters. The monoisotopic (exact) mass is 355 g/mol. The number of aromatic nitrogens is 3. The first kappa shape index (κ1) is 16.1. The molecule has 0 spiro atoms. The van der Waals surface area contributed by atoms with Gasteiger partial charge in [0, 0.05) is 20.1 Å². The molecular weight excluding hydrogens is 334 g/mol. The van der Waals surface area contributed by atoms with Crippen LogP contribution in [0.1, 0.15) is 35.4 Å². The van der Waals surface area contributed by atoms with Crippen LogP contribution in [0, 0.1) is 0 Å². The lowest BCUT2D eigenvalue weighted by molar-refractivity contribution is 0.103. The summed E-state index contributed by atoms with van der Waals surface area (Å²) >= 11 is 1.42. The van der Waals surface area contributed by atoms with E-state index in [4.69, 9.17) is 4.98 Å². The molecule has 0 radical (unpaired) electrons. The molecule has 130 valence electrons. The molecule has 25 heavy (non-hydrogen) atoms. The van der Waals surface area contributed by atoms with Gasteiger partial charge in [-0.25, -0.2) is 9.67 Å². The van der Waals surface area contributed by atoms with Gasteiger partial charge in [0.15, 0.2) is 11.5 Å². The van der Waals surface area contributed by atoms with E-state index in [0.29, 0.717) is 10.7 Å². The van der Waals surface area contributed by atoms with Gasteiger partial charge in [0.2, 0.25) is 0 Å². The topological polar surface area (TPSA) is 63.1 Å². The predicted octanol–water partition coefficient (Wildman–Crippen LogP) is 3.66. The van der Waals surface area contributed by atoms with Crippen LogP contribution in [0.3, 0.4) is 0 Å². The number of aryl methyl sites for hydroxylation is 1. The molecule has 1 saturated heterocycles. The fourth-order valence-electron chi connectivity index (χ4n) is 3.27. The van der Waals surface area contributed by atoms with Gasteiger partial charge in [0.05, 0.1) is 10.3 Å². The SMILES string of the molecule is Cn1nc(NC(=O)c2cccs2)c2ccc(N3CCCCCC3)nc21. The molecule has 1 aliphatic rings. The van der Waals surface area contributed by atoms with Crippen LogP contribution in [0.2, 0.25) is 0 Å². The zero-order chi connectivity index (χ0) is 17.2. The highest BCUT2D eigenvalue weighted by atomic mass is 32.1. The Balaban J connectivity index is 1.63. The number of nitrogens with zero attached hydrogens (tertiary/aromatic N) is 4. The molecule has 7 heteroatoms. The number of thiophene rings is 1. The van der Waals surface area contributed by atoms with E-state index < -0.39 is 0 Å². The number of pyridine rings is 1. The Kier molecular flexibility index (Phi) is 4.40. The Labute approximate surface area is 150 Å². The standard InChI is InChI=1S/C18H21N5OS/c1-22-17-13(16(21-22)20-18(24)14-7-6-12-25-14)8-9-15(19-17)23-10-4-2-3-5-11-23/h6-9,12H,2-5,10-11H2,1H3,(H,20,21,24). The van der Waals surface area contributed by atoms with Gasteiger partial charge >= 0.3 is 0 Å². The number of carbonyl (C=O) groups is 1. The van der Waals surface area contributed by atoms with E-state index in [9.17, 15) is 4.79 Å². The molecule has 0 aliphatic carbocycles. The quantitative estimate of drug-likeness (QED) is 0.779. The maximum atomic E-state index is 12.3. The van der Waals surface area contributed by atoms with Gasteiger partial charge in [-0.2, -0.15) is 5.10 Å². The fourth-order valence-corrected chi connectivity index (χ4v) is 3.89. The molecule has 6 nitrogen and oxygen atoms in total. The number of fused-ring (bicyclic) bond motifs is 1. The van der Waals surface area contributed by atoms with Crippen molar-refractivity contribution in [3.8, 4) is 0 Å². The van der Waals surface area contributed by atoms with Crippen molar-refractivity contribution in [2.75, 3.05) is 23.3 Å². The Morgan fingerprint density at radius 3 is 2.68 bits per heavy atom. The smallest absolute Gasteiger partial charge is 0.266 e. The number of rotatable bonds is 3. The van der Waals surface area contributed by atoms with Crippen LogP contribution in [0.5, 0.6) is 0 Å². The minimum atomic E-state index is -0.133. The van der Waals surface area contributed by atoms with Crippen LogP contribution < -0.4 is 10.2 Å². The van der Waals surface area contributed by atoms with E-state index in [2.05, 4.69) is 15.3 Å². The van der Waals surface area contributed by atoms with Gasteiger partial charge in [-0.15, -0.1) is 11.3 Å². The normalized spacial score (nSPS) is 15.3. The Morgan fingerprint density at radius 2 is 1.96 bits per heavy atom. The summed E-state index contributed by atoms with van der Waals surface area (Å²) in [6, 6.07) is 7.72. The summed E-state index contributed by atoms with van der Waals surface area (Å²) in [6.07, 6.45) is 5.02.